The minimum absolute atomic E-state index is 0.00352. The van der Waals surface area contributed by atoms with Crippen molar-refractivity contribution >= 4 is 44.8 Å². The van der Waals surface area contributed by atoms with Crippen molar-refractivity contribution in [3.63, 3.8) is 0 Å². The van der Waals surface area contributed by atoms with Crippen LogP contribution in [0.2, 0.25) is 15.1 Å². The van der Waals surface area contributed by atoms with E-state index in [1.165, 1.54) is 24.5 Å². The quantitative estimate of drug-likeness (QED) is 0.848. The summed E-state index contributed by atoms with van der Waals surface area (Å²) in [5, 5.41) is 0.277. The van der Waals surface area contributed by atoms with Crippen LogP contribution in [0.4, 0.5) is 0 Å². The Morgan fingerprint density at radius 1 is 0.941 bits per heavy atom. The van der Waals surface area contributed by atoms with Crippen LogP contribution < -0.4 is 0 Å². The predicted octanol–water partition coefficient (Wildman–Crippen LogP) is 3.69. The second-order valence-corrected chi connectivity index (χ2v) is 6.25. The lowest BCUT2D eigenvalue weighted by Gasteiger charge is -2.09. The lowest BCUT2D eigenvalue weighted by atomic mass is 10.4. The van der Waals surface area contributed by atoms with Crippen LogP contribution in [0.5, 0.6) is 0 Å². The summed E-state index contributed by atoms with van der Waals surface area (Å²) in [6, 6.07) is 5.86. The number of halogens is 3. The number of benzene rings is 1. The molecule has 0 unspecified atom stereocenters. The average Bonchev–Trinajstić information content (AvgIpc) is 2.67. The molecular weight excluding hydrogens is 305 g/mol. The molecule has 0 radical (unpaired) electrons. The van der Waals surface area contributed by atoms with Gasteiger partial charge in [0.2, 0.25) is 0 Å². The third kappa shape index (κ3) is 2.31. The summed E-state index contributed by atoms with van der Waals surface area (Å²) in [4.78, 5) is -0.151. The molecule has 1 aromatic heterocycles. The molecule has 2 rings (SSSR count). The van der Waals surface area contributed by atoms with Gasteiger partial charge in [0.05, 0.1) is 10.0 Å². The topological polar surface area (TPSA) is 39.1 Å². The van der Waals surface area contributed by atoms with Gasteiger partial charge in [0.15, 0.2) is 0 Å². The molecule has 0 N–H and O–H groups in total. The van der Waals surface area contributed by atoms with Gasteiger partial charge >= 0.3 is 0 Å². The Hall–Kier alpha value is -0.680. The summed E-state index contributed by atoms with van der Waals surface area (Å²) in [6.07, 6.45) is 2.80. The summed E-state index contributed by atoms with van der Waals surface area (Å²) in [5.74, 6) is 0. The Balaban J connectivity index is 2.71. The Morgan fingerprint density at radius 3 is 1.88 bits per heavy atom. The molecule has 0 saturated heterocycles. The van der Waals surface area contributed by atoms with E-state index in [0.29, 0.717) is 0 Å². The molecule has 0 atom stereocenters. The van der Waals surface area contributed by atoms with E-state index < -0.39 is 10.0 Å². The summed E-state index contributed by atoms with van der Waals surface area (Å²) in [6.45, 7) is 0. The molecule has 1 aromatic carbocycles. The van der Waals surface area contributed by atoms with Crippen molar-refractivity contribution in [1.29, 1.82) is 0 Å². The van der Waals surface area contributed by atoms with Crippen molar-refractivity contribution in [2.24, 2.45) is 0 Å². The van der Waals surface area contributed by atoms with Crippen LogP contribution in [0.3, 0.4) is 0 Å². The molecule has 0 aliphatic rings. The summed E-state index contributed by atoms with van der Waals surface area (Å²) in [7, 11) is -3.78. The van der Waals surface area contributed by atoms with Crippen LogP contribution >= 0.6 is 34.8 Å². The van der Waals surface area contributed by atoms with Gasteiger partial charge in [-0.05, 0) is 24.3 Å². The molecule has 1 heterocycles. The van der Waals surface area contributed by atoms with E-state index in [-0.39, 0.29) is 20.0 Å². The Bertz CT molecular complexity index is 627. The van der Waals surface area contributed by atoms with Crippen LogP contribution in [0.1, 0.15) is 0 Å². The standard InChI is InChI=1S/C10H6Cl3NO2S/c11-7-5-8(12)10(9(13)6-7)17(15,16)14-3-1-2-4-14/h1-6H. The second-order valence-electron chi connectivity index (χ2n) is 3.22. The molecule has 3 nitrogen and oxygen atoms in total. The van der Waals surface area contributed by atoms with Crippen LogP contribution in [-0.4, -0.2) is 12.4 Å². The smallest absolute Gasteiger partial charge is 0.249 e. The van der Waals surface area contributed by atoms with Crippen molar-refractivity contribution in [2.45, 2.75) is 4.90 Å². The Labute approximate surface area is 114 Å². The highest BCUT2D eigenvalue weighted by atomic mass is 35.5. The van der Waals surface area contributed by atoms with Crippen LogP contribution in [0.25, 0.3) is 0 Å². The molecule has 0 aliphatic carbocycles. The minimum atomic E-state index is -3.78. The lowest BCUT2D eigenvalue weighted by Crippen LogP contribution is -2.12. The fourth-order valence-electron chi connectivity index (χ4n) is 1.36. The zero-order chi connectivity index (χ0) is 12.6. The van der Waals surface area contributed by atoms with Gasteiger partial charge in [0, 0.05) is 17.4 Å². The SMILES string of the molecule is O=S(=O)(c1c(Cl)cc(Cl)cc1Cl)n1cccc1. The monoisotopic (exact) mass is 309 g/mol. The second kappa shape index (κ2) is 4.53. The maximum atomic E-state index is 12.2. The van der Waals surface area contributed by atoms with Gasteiger partial charge in [-0.2, -0.15) is 0 Å². The van der Waals surface area contributed by atoms with Gasteiger partial charge < -0.3 is 0 Å². The van der Waals surface area contributed by atoms with Gasteiger partial charge in [-0.1, -0.05) is 34.8 Å². The molecule has 0 bridgehead atoms. The highest BCUT2D eigenvalue weighted by Crippen LogP contribution is 2.33. The highest BCUT2D eigenvalue weighted by Gasteiger charge is 2.23. The number of hydrogen-bond acceptors (Lipinski definition) is 2. The first-order valence-corrected chi connectivity index (χ1v) is 7.03. The first-order valence-electron chi connectivity index (χ1n) is 4.46. The van der Waals surface area contributed by atoms with Crippen molar-refractivity contribution in [2.75, 3.05) is 0 Å². The van der Waals surface area contributed by atoms with E-state index in [9.17, 15) is 8.42 Å². The van der Waals surface area contributed by atoms with Crippen molar-refractivity contribution in [1.82, 2.24) is 3.97 Å². The third-order valence-electron chi connectivity index (χ3n) is 2.08. The van der Waals surface area contributed by atoms with Crippen LogP contribution in [0, 0.1) is 0 Å². The molecular formula is C10H6Cl3NO2S. The van der Waals surface area contributed by atoms with E-state index >= 15 is 0 Å². The zero-order valence-corrected chi connectivity index (χ0v) is 11.4. The number of hydrogen-bond donors (Lipinski definition) is 0. The Morgan fingerprint density at radius 2 is 1.41 bits per heavy atom. The first-order chi connectivity index (χ1) is 7.93. The van der Waals surface area contributed by atoms with E-state index in [1.807, 2.05) is 0 Å². The third-order valence-corrected chi connectivity index (χ3v) is 4.87. The number of nitrogens with zero attached hydrogens (tertiary/aromatic N) is 1. The van der Waals surface area contributed by atoms with Gasteiger partial charge in [-0.3, -0.25) is 0 Å². The van der Waals surface area contributed by atoms with Crippen molar-refractivity contribution in [3.8, 4) is 0 Å². The maximum absolute atomic E-state index is 12.2. The molecule has 0 fully saturated rings. The van der Waals surface area contributed by atoms with Gasteiger partial charge in [0.25, 0.3) is 10.0 Å². The summed E-state index contributed by atoms with van der Waals surface area (Å²) >= 11 is 17.5. The molecule has 0 spiro atoms. The fraction of sp³-hybridized carbons (Fsp3) is 0. The summed E-state index contributed by atoms with van der Waals surface area (Å²) < 4.78 is 25.4. The van der Waals surface area contributed by atoms with E-state index in [4.69, 9.17) is 34.8 Å². The fourth-order valence-corrected chi connectivity index (χ4v) is 4.04. The van der Waals surface area contributed by atoms with E-state index in [1.54, 1.807) is 12.1 Å². The van der Waals surface area contributed by atoms with Gasteiger partial charge in [-0.15, -0.1) is 0 Å². The molecule has 2 aromatic rings. The molecule has 0 amide bonds. The summed E-state index contributed by atoms with van der Waals surface area (Å²) in [5.41, 5.74) is 0. The molecule has 17 heavy (non-hydrogen) atoms. The lowest BCUT2D eigenvalue weighted by molar-refractivity contribution is 0.587. The van der Waals surface area contributed by atoms with E-state index in [2.05, 4.69) is 0 Å². The predicted molar refractivity (Wildman–Crippen MR) is 68.5 cm³/mol. The number of rotatable bonds is 2. The number of aromatic nitrogens is 1. The first kappa shape index (κ1) is 12.8. The largest absolute Gasteiger partial charge is 0.270 e. The average molecular weight is 311 g/mol. The van der Waals surface area contributed by atoms with Crippen LogP contribution in [-0.2, 0) is 10.0 Å². The molecule has 0 saturated carbocycles. The van der Waals surface area contributed by atoms with Gasteiger partial charge in [0.1, 0.15) is 4.90 Å². The van der Waals surface area contributed by atoms with Crippen LogP contribution in [0.15, 0.2) is 41.6 Å². The van der Waals surface area contributed by atoms with Gasteiger partial charge in [-0.25, -0.2) is 12.4 Å². The van der Waals surface area contributed by atoms with Crippen molar-refractivity contribution < 1.29 is 8.42 Å². The Kier molecular flexibility index (Phi) is 3.41. The van der Waals surface area contributed by atoms with E-state index in [0.717, 1.165) is 3.97 Å². The van der Waals surface area contributed by atoms with Crippen molar-refractivity contribution in [3.05, 3.63) is 51.7 Å². The highest BCUT2D eigenvalue weighted by molar-refractivity contribution is 7.90. The molecule has 90 valence electrons. The normalized spacial score (nSPS) is 11.7. The molecule has 0 aliphatic heterocycles. The molecule has 7 heteroatoms. The maximum Gasteiger partial charge on any atom is 0.270 e. The minimum Gasteiger partial charge on any atom is -0.249 e. The zero-order valence-electron chi connectivity index (χ0n) is 8.27.